The summed E-state index contributed by atoms with van der Waals surface area (Å²) >= 11 is -2.35. The summed E-state index contributed by atoms with van der Waals surface area (Å²) in [5.74, 6) is -1.61. The molecule has 0 saturated carbocycles. The van der Waals surface area contributed by atoms with E-state index in [1.807, 2.05) is 17.1 Å². The summed E-state index contributed by atoms with van der Waals surface area (Å²) in [6.45, 7) is -0.212. The number of halogens is 3. The monoisotopic (exact) mass is 471 g/mol. The molecule has 0 bridgehead atoms. The van der Waals surface area contributed by atoms with E-state index in [9.17, 15) is 14.0 Å². The Kier molecular flexibility index (Phi) is 5.36. The average molecular weight is 471 g/mol. The van der Waals surface area contributed by atoms with Gasteiger partial charge in [-0.3, -0.25) is 0 Å². The summed E-state index contributed by atoms with van der Waals surface area (Å²) in [5, 5.41) is 0. The van der Waals surface area contributed by atoms with Crippen molar-refractivity contribution in [1.82, 2.24) is 4.90 Å². The third-order valence-corrected chi connectivity index (χ3v) is 9.20. The molecule has 1 aliphatic rings. The van der Waals surface area contributed by atoms with Crippen LogP contribution in [0.25, 0.3) is 0 Å². The summed E-state index contributed by atoms with van der Waals surface area (Å²) in [7, 11) is 1.55. The molecule has 0 aliphatic carbocycles. The van der Waals surface area contributed by atoms with Crippen molar-refractivity contribution in [2.24, 2.45) is 0 Å². The van der Waals surface area contributed by atoms with Gasteiger partial charge in [-0.25, -0.2) is 0 Å². The molecular weight excluding hydrogens is 455 g/mol. The van der Waals surface area contributed by atoms with E-state index in [1.54, 1.807) is 19.2 Å². The Hall–Kier alpha value is -2.29. The molecule has 1 aliphatic heterocycles. The number of hydrogen-bond donors (Lipinski definition) is 0. The molecule has 2 aromatic rings. The second-order valence-corrected chi connectivity index (χ2v) is 10.6. The second kappa shape index (κ2) is 7.53. The van der Waals surface area contributed by atoms with Gasteiger partial charge in [0, 0.05) is 0 Å². The number of benzene rings is 2. The normalized spacial score (nSPS) is 14.2. The molecule has 0 spiro atoms. The molecule has 4 nitrogen and oxygen atoms in total. The first-order valence-electron chi connectivity index (χ1n) is 7.66. The molecule has 0 unspecified atom stereocenters. The predicted molar refractivity (Wildman–Crippen MR) is 101 cm³/mol. The van der Waals surface area contributed by atoms with Crippen LogP contribution in [0.1, 0.15) is 5.56 Å². The van der Waals surface area contributed by atoms with Crippen LogP contribution >= 0.6 is 19.8 Å². The summed E-state index contributed by atoms with van der Waals surface area (Å²) in [5.41, 5.74) is 0.129. The minimum atomic E-state index is -2.35. The number of carbonyl (C=O) groups is 2. The molecule has 3 rings (SSSR count). The van der Waals surface area contributed by atoms with Gasteiger partial charge in [-0.05, 0) is 0 Å². The van der Waals surface area contributed by atoms with Gasteiger partial charge in [0.2, 0.25) is 0 Å². The number of alkyl halides is 1. The molecule has 1 heterocycles. The summed E-state index contributed by atoms with van der Waals surface area (Å²) in [4.78, 5) is 26.2. The van der Waals surface area contributed by atoms with Crippen LogP contribution in [0.3, 0.4) is 0 Å². The van der Waals surface area contributed by atoms with Crippen molar-refractivity contribution in [3.8, 4) is 5.75 Å². The first-order valence-corrected chi connectivity index (χ1v) is 12.0. The van der Waals surface area contributed by atoms with Crippen molar-refractivity contribution >= 4 is 31.6 Å². The Balaban J connectivity index is 1.94. The first-order chi connectivity index (χ1) is 12.4. The second-order valence-electron chi connectivity index (χ2n) is 5.56. The first kappa shape index (κ1) is 18.5. The molecule has 0 N–H and O–H groups in total. The van der Waals surface area contributed by atoms with Crippen molar-refractivity contribution < 1.29 is 23.1 Å². The van der Waals surface area contributed by atoms with E-state index in [1.165, 1.54) is 12.1 Å². The van der Waals surface area contributed by atoms with Crippen LogP contribution < -0.4 is 4.74 Å². The van der Waals surface area contributed by atoms with Crippen LogP contribution in [0.2, 0.25) is 0 Å². The number of carbonyl (C=O) groups excluding carboxylic acids is 2. The van der Waals surface area contributed by atoms with Crippen molar-refractivity contribution in [2.75, 3.05) is 12.0 Å². The minimum absolute atomic E-state index is 0.0592. The third kappa shape index (κ3) is 3.48. The van der Waals surface area contributed by atoms with E-state index in [4.69, 9.17) is 4.74 Å². The van der Waals surface area contributed by atoms with E-state index >= 15 is 4.39 Å². The molecule has 2 amide bonds. The fourth-order valence-electron chi connectivity index (χ4n) is 2.57. The van der Waals surface area contributed by atoms with E-state index in [-0.39, 0.29) is 15.7 Å². The predicted octanol–water partition coefficient (Wildman–Crippen LogP) is 3.57. The Bertz CT molecular complexity index is 878. The van der Waals surface area contributed by atoms with Gasteiger partial charge in [-0.2, -0.15) is 0 Å². The van der Waals surface area contributed by atoms with Gasteiger partial charge >= 0.3 is 157 Å². The van der Waals surface area contributed by atoms with E-state index in [0.717, 1.165) is 20.6 Å². The van der Waals surface area contributed by atoms with Gasteiger partial charge in [-0.1, -0.05) is 0 Å². The standard InChI is InChI=1S/C19H16F2INO3/c1-22(13-4-6-14(26-2)7-5-13)19-15(20)8-3-12(18(19)21)11-23-16(24)9-10-17(23)25/h3-10H,11H2,1-2H3. The number of rotatable bonds is 5. The molecular formula is C19H16F2INO3. The zero-order valence-corrected chi connectivity index (χ0v) is 16.3. The van der Waals surface area contributed by atoms with Crippen molar-refractivity contribution in [2.45, 2.75) is 6.54 Å². The van der Waals surface area contributed by atoms with Gasteiger partial charge in [0.25, 0.3) is 0 Å². The van der Waals surface area contributed by atoms with Crippen LogP contribution in [-0.2, 0) is 16.1 Å². The summed E-state index contributed by atoms with van der Waals surface area (Å²) in [6, 6.07) is 9.63. The Labute approximate surface area is 156 Å². The molecule has 0 saturated heterocycles. The molecule has 26 heavy (non-hydrogen) atoms. The fourth-order valence-corrected chi connectivity index (χ4v) is 6.64. The zero-order valence-electron chi connectivity index (χ0n) is 14.1. The molecule has 136 valence electrons. The number of hydrogen-bond acceptors (Lipinski definition) is 3. The Morgan fingerprint density at radius 2 is 1.62 bits per heavy atom. The SMILES string of the molecule is COc1ccc(I(C)c2c(F)ccc(CN3C(=O)C=CC3=O)c2F)cc1. The fraction of sp³-hybridized carbons (Fsp3) is 0.158. The Morgan fingerprint density at radius 1 is 1.00 bits per heavy atom. The third-order valence-electron chi connectivity index (χ3n) is 4.00. The van der Waals surface area contributed by atoms with Gasteiger partial charge in [-0.15, -0.1) is 0 Å². The number of ether oxygens (including phenoxy) is 1. The number of methoxy groups -OCH3 is 1. The van der Waals surface area contributed by atoms with Crippen LogP contribution in [0.4, 0.5) is 8.78 Å². The van der Waals surface area contributed by atoms with Crippen LogP contribution in [0, 0.1) is 18.8 Å². The quantitative estimate of drug-likeness (QED) is 0.290. The molecule has 7 heteroatoms. The molecule has 0 fully saturated rings. The van der Waals surface area contributed by atoms with Crippen molar-refractivity contribution in [3.63, 3.8) is 0 Å². The number of nitrogens with zero attached hydrogens (tertiary/aromatic N) is 1. The van der Waals surface area contributed by atoms with Gasteiger partial charge in [0.15, 0.2) is 0 Å². The van der Waals surface area contributed by atoms with Gasteiger partial charge in [0.05, 0.1) is 0 Å². The summed E-state index contributed by atoms with van der Waals surface area (Å²) in [6.07, 6.45) is 2.28. The number of amides is 2. The van der Waals surface area contributed by atoms with Crippen LogP contribution in [-0.4, -0.2) is 28.8 Å². The molecule has 0 atom stereocenters. The van der Waals surface area contributed by atoms with Gasteiger partial charge < -0.3 is 0 Å². The summed E-state index contributed by atoms with van der Waals surface area (Å²) < 4.78 is 35.5. The van der Waals surface area contributed by atoms with Crippen molar-refractivity contribution in [1.29, 1.82) is 0 Å². The zero-order chi connectivity index (χ0) is 18.8. The topological polar surface area (TPSA) is 46.6 Å². The maximum atomic E-state index is 15.0. The van der Waals surface area contributed by atoms with E-state index in [2.05, 4.69) is 0 Å². The van der Waals surface area contributed by atoms with Crippen LogP contribution in [0.15, 0.2) is 48.6 Å². The van der Waals surface area contributed by atoms with Gasteiger partial charge in [0.1, 0.15) is 0 Å². The van der Waals surface area contributed by atoms with Crippen LogP contribution in [0.5, 0.6) is 5.75 Å². The Morgan fingerprint density at radius 3 is 2.19 bits per heavy atom. The molecule has 2 aromatic carbocycles. The van der Waals surface area contributed by atoms with E-state index < -0.39 is 43.3 Å². The molecule has 0 radical (unpaired) electrons. The average Bonchev–Trinajstić information content (AvgIpc) is 2.96. The maximum absolute atomic E-state index is 15.0. The van der Waals surface area contributed by atoms with E-state index in [0.29, 0.717) is 5.75 Å². The number of imide groups is 1. The molecule has 0 aromatic heterocycles. The van der Waals surface area contributed by atoms with Crippen molar-refractivity contribution in [3.05, 3.63) is 72.9 Å².